The lowest BCUT2D eigenvalue weighted by Crippen LogP contribution is -2.18. The van der Waals surface area contributed by atoms with Gasteiger partial charge in [-0.15, -0.1) is 0 Å². The van der Waals surface area contributed by atoms with Gasteiger partial charge in [0.15, 0.2) is 5.17 Å². The second kappa shape index (κ2) is 5.64. The number of hydrogen-bond acceptors (Lipinski definition) is 3. The minimum Gasteiger partial charge on any atom is -0.361 e. The topological polar surface area (TPSA) is 59.7 Å². The molecule has 0 aliphatic rings. The Morgan fingerprint density at radius 3 is 3.00 bits per heavy atom. The number of nitrogens with zero attached hydrogens (tertiary/aromatic N) is 1. The third kappa shape index (κ3) is 3.46. The van der Waals surface area contributed by atoms with Crippen molar-refractivity contribution >= 4 is 28.5 Å². The molecule has 0 saturated heterocycles. The van der Waals surface area contributed by atoms with Crippen molar-refractivity contribution in [3.8, 4) is 6.07 Å². The van der Waals surface area contributed by atoms with E-state index in [1.165, 1.54) is 11.8 Å². The number of amidine groups is 1. The van der Waals surface area contributed by atoms with Gasteiger partial charge in [0, 0.05) is 11.6 Å². The molecule has 3 nitrogen and oxygen atoms in total. The second-order valence-electron chi connectivity index (χ2n) is 2.80. The van der Waals surface area contributed by atoms with Crippen LogP contribution in [0.15, 0.2) is 18.2 Å². The van der Waals surface area contributed by atoms with Gasteiger partial charge in [0.1, 0.15) is 0 Å². The van der Waals surface area contributed by atoms with E-state index < -0.39 is 0 Å². The van der Waals surface area contributed by atoms with Crippen molar-refractivity contribution < 1.29 is 0 Å². The van der Waals surface area contributed by atoms with E-state index in [2.05, 4.69) is 11.4 Å². The summed E-state index contributed by atoms with van der Waals surface area (Å²) in [4.78, 5) is 0. The van der Waals surface area contributed by atoms with Gasteiger partial charge < -0.3 is 5.32 Å². The van der Waals surface area contributed by atoms with Gasteiger partial charge in [-0.3, -0.25) is 5.41 Å². The summed E-state index contributed by atoms with van der Waals surface area (Å²) in [5.41, 5.74) is 1.40. The number of halogens is 1. The fourth-order valence-electron chi connectivity index (χ4n) is 1.03. The third-order valence-corrected chi connectivity index (χ3v) is 2.74. The van der Waals surface area contributed by atoms with Crippen LogP contribution in [0.4, 0.5) is 0 Å². The predicted molar refractivity (Wildman–Crippen MR) is 64.2 cm³/mol. The largest absolute Gasteiger partial charge is 0.361 e. The molecule has 0 aromatic heterocycles. The Hall–Kier alpha value is -1.18. The van der Waals surface area contributed by atoms with E-state index in [1.54, 1.807) is 18.2 Å². The lowest BCUT2D eigenvalue weighted by molar-refractivity contribution is 0.922. The van der Waals surface area contributed by atoms with Crippen LogP contribution in [-0.2, 0) is 6.54 Å². The Balaban J connectivity index is 2.76. The summed E-state index contributed by atoms with van der Waals surface area (Å²) in [6.07, 6.45) is 1.82. The Bertz CT molecular complexity index is 412. The molecule has 0 saturated carbocycles. The first kappa shape index (κ1) is 11.9. The van der Waals surface area contributed by atoms with Crippen LogP contribution in [0.1, 0.15) is 11.1 Å². The van der Waals surface area contributed by atoms with Crippen LogP contribution in [0.3, 0.4) is 0 Å². The maximum absolute atomic E-state index is 8.72. The van der Waals surface area contributed by atoms with Crippen LogP contribution in [0.25, 0.3) is 0 Å². The Labute approximate surface area is 97.9 Å². The first-order valence-electron chi connectivity index (χ1n) is 4.22. The molecule has 5 heteroatoms. The fraction of sp³-hybridized carbons (Fsp3) is 0.200. The molecular weight excluding hydrogens is 230 g/mol. The summed E-state index contributed by atoms with van der Waals surface area (Å²) in [5.74, 6) is 0. The Morgan fingerprint density at radius 1 is 1.67 bits per heavy atom. The summed E-state index contributed by atoms with van der Waals surface area (Å²) < 4.78 is 0. The molecule has 1 aromatic rings. The second-order valence-corrected chi connectivity index (χ2v) is 4.03. The molecule has 78 valence electrons. The van der Waals surface area contributed by atoms with E-state index in [9.17, 15) is 0 Å². The first-order valence-corrected chi connectivity index (χ1v) is 5.82. The van der Waals surface area contributed by atoms with Crippen molar-refractivity contribution in [3.05, 3.63) is 34.3 Å². The van der Waals surface area contributed by atoms with E-state index in [1.807, 2.05) is 6.26 Å². The molecule has 15 heavy (non-hydrogen) atoms. The SMILES string of the molecule is CSC(=N)NCc1cc(C#N)ccc1Cl. The van der Waals surface area contributed by atoms with Crippen LogP contribution in [0, 0.1) is 16.7 Å². The van der Waals surface area contributed by atoms with Crippen LogP contribution in [-0.4, -0.2) is 11.4 Å². The van der Waals surface area contributed by atoms with Crippen molar-refractivity contribution in [2.24, 2.45) is 0 Å². The highest BCUT2D eigenvalue weighted by Gasteiger charge is 2.02. The fourth-order valence-corrected chi connectivity index (χ4v) is 1.43. The van der Waals surface area contributed by atoms with Gasteiger partial charge in [0.25, 0.3) is 0 Å². The zero-order valence-electron chi connectivity index (χ0n) is 8.17. The van der Waals surface area contributed by atoms with Gasteiger partial charge in [-0.05, 0) is 30.0 Å². The van der Waals surface area contributed by atoms with Gasteiger partial charge >= 0.3 is 0 Å². The molecule has 0 heterocycles. The van der Waals surface area contributed by atoms with Crippen LogP contribution in [0.2, 0.25) is 5.02 Å². The molecule has 0 spiro atoms. The number of nitriles is 1. The molecular formula is C10H10ClN3S. The molecule has 0 aliphatic heterocycles. The molecule has 0 fully saturated rings. The van der Waals surface area contributed by atoms with Gasteiger partial charge in [-0.1, -0.05) is 23.4 Å². The average Bonchev–Trinajstić information content (AvgIpc) is 2.27. The number of thioether (sulfide) groups is 1. The zero-order valence-corrected chi connectivity index (χ0v) is 9.75. The summed E-state index contributed by atoms with van der Waals surface area (Å²) >= 11 is 7.28. The number of nitrogens with one attached hydrogen (secondary N) is 2. The molecule has 2 N–H and O–H groups in total. The molecule has 0 unspecified atom stereocenters. The van der Waals surface area contributed by atoms with Gasteiger partial charge in [-0.25, -0.2) is 0 Å². The minimum atomic E-state index is 0.383. The first-order chi connectivity index (χ1) is 7.17. The molecule has 0 aliphatic carbocycles. The van der Waals surface area contributed by atoms with Crippen LogP contribution >= 0.6 is 23.4 Å². The summed E-state index contributed by atoms with van der Waals surface area (Å²) in [6.45, 7) is 0.466. The number of rotatable bonds is 2. The molecule has 1 rings (SSSR count). The maximum atomic E-state index is 8.72. The highest BCUT2D eigenvalue weighted by Crippen LogP contribution is 2.17. The van der Waals surface area contributed by atoms with Crippen molar-refractivity contribution in [2.75, 3.05) is 6.26 Å². The van der Waals surface area contributed by atoms with Crippen molar-refractivity contribution in [1.29, 1.82) is 10.7 Å². The predicted octanol–water partition coefficient (Wildman–Crippen LogP) is 2.60. The van der Waals surface area contributed by atoms with Crippen molar-refractivity contribution in [2.45, 2.75) is 6.54 Å². The maximum Gasteiger partial charge on any atom is 0.153 e. The molecule has 0 bridgehead atoms. The average molecular weight is 240 g/mol. The third-order valence-electron chi connectivity index (χ3n) is 1.82. The van der Waals surface area contributed by atoms with E-state index in [-0.39, 0.29) is 0 Å². The van der Waals surface area contributed by atoms with Crippen LogP contribution < -0.4 is 5.32 Å². The van der Waals surface area contributed by atoms with Crippen molar-refractivity contribution in [3.63, 3.8) is 0 Å². The zero-order chi connectivity index (χ0) is 11.3. The van der Waals surface area contributed by atoms with Gasteiger partial charge in [0.2, 0.25) is 0 Å². The Morgan fingerprint density at radius 2 is 2.40 bits per heavy atom. The van der Waals surface area contributed by atoms with E-state index in [0.717, 1.165) is 5.56 Å². The van der Waals surface area contributed by atoms with E-state index in [4.69, 9.17) is 22.3 Å². The van der Waals surface area contributed by atoms with Gasteiger partial charge in [-0.2, -0.15) is 5.26 Å². The summed E-state index contributed by atoms with van der Waals surface area (Å²) in [6, 6.07) is 7.14. The Kier molecular flexibility index (Phi) is 4.47. The molecule has 1 aromatic carbocycles. The lowest BCUT2D eigenvalue weighted by atomic mass is 10.1. The van der Waals surface area contributed by atoms with E-state index in [0.29, 0.717) is 22.3 Å². The highest BCUT2D eigenvalue weighted by atomic mass is 35.5. The summed E-state index contributed by atoms with van der Waals surface area (Å²) in [5, 5.41) is 20.0. The molecule has 0 atom stereocenters. The molecule has 0 radical (unpaired) electrons. The minimum absolute atomic E-state index is 0.383. The van der Waals surface area contributed by atoms with Gasteiger partial charge in [0.05, 0.1) is 11.6 Å². The lowest BCUT2D eigenvalue weighted by Gasteiger charge is -2.07. The monoisotopic (exact) mass is 239 g/mol. The highest BCUT2D eigenvalue weighted by molar-refractivity contribution is 8.13. The quantitative estimate of drug-likeness (QED) is 0.616. The van der Waals surface area contributed by atoms with Crippen LogP contribution in [0.5, 0.6) is 0 Å². The normalized spacial score (nSPS) is 9.40. The van der Waals surface area contributed by atoms with Crippen molar-refractivity contribution in [1.82, 2.24) is 5.32 Å². The number of benzene rings is 1. The summed E-state index contributed by atoms with van der Waals surface area (Å²) in [7, 11) is 0. The van der Waals surface area contributed by atoms with E-state index >= 15 is 0 Å². The standard InChI is InChI=1S/C10H10ClN3S/c1-15-10(13)14-6-8-4-7(5-12)2-3-9(8)11/h2-4H,6H2,1H3,(H2,13,14). The smallest absolute Gasteiger partial charge is 0.153 e. The number of hydrogen-bond donors (Lipinski definition) is 2. The molecule has 0 amide bonds.